The minimum absolute atomic E-state index is 0.927. The number of nitrogens with zero attached hydrogens (tertiary/aromatic N) is 2. The molecule has 22 heavy (non-hydrogen) atoms. The Morgan fingerprint density at radius 2 is 1.91 bits per heavy atom. The van der Waals surface area contributed by atoms with Crippen LogP contribution >= 0.6 is 0 Å². The van der Waals surface area contributed by atoms with Crippen LogP contribution in [-0.2, 0) is 13.5 Å². The van der Waals surface area contributed by atoms with Crippen LogP contribution in [0.3, 0.4) is 0 Å². The zero-order chi connectivity index (χ0) is 15.3. The van der Waals surface area contributed by atoms with E-state index < -0.39 is 0 Å². The van der Waals surface area contributed by atoms with Gasteiger partial charge in [-0.1, -0.05) is 18.2 Å². The average Bonchev–Trinajstić information content (AvgIpc) is 2.88. The van der Waals surface area contributed by atoms with E-state index in [1.54, 1.807) is 0 Å². The zero-order valence-corrected chi connectivity index (χ0v) is 13.2. The van der Waals surface area contributed by atoms with Crippen LogP contribution in [0.4, 0.5) is 0 Å². The predicted molar refractivity (Wildman–Crippen MR) is 88.6 cm³/mol. The Bertz CT molecular complexity index is 894. The Morgan fingerprint density at radius 3 is 2.77 bits per heavy atom. The van der Waals surface area contributed by atoms with Gasteiger partial charge in [-0.15, -0.1) is 0 Å². The lowest BCUT2D eigenvalue weighted by atomic mass is 9.93. The maximum atomic E-state index is 4.57. The van der Waals surface area contributed by atoms with Crippen LogP contribution in [0.1, 0.15) is 22.4 Å². The number of benzene rings is 1. The minimum Gasteiger partial charge on any atom is -0.260 e. The number of fused-ring (bicyclic) bond motifs is 3. The SMILES string of the molecule is Cc1cc[n+](C)c(-c2c(C)ccc3c2Cc2ncccc2-3)c1. The van der Waals surface area contributed by atoms with E-state index in [9.17, 15) is 0 Å². The highest BCUT2D eigenvalue weighted by atomic mass is 14.9. The first-order valence-electron chi connectivity index (χ1n) is 7.68. The first-order valence-corrected chi connectivity index (χ1v) is 7.68. The van der Waals surface area contributed by atoms with Gasteiger partial charge in [0.2, 0.25) is 5.69 Å². The molecule has 0 amide bonds. The molecule has 0 aliphatic heterocycles. The molecule has 0 saturated heterocycles. The van der Waals surface area contributed by atoms with Crippen LogP contribution in [0.15, 0.2) is 48.8 Å². The second kappa shape index (κ2) is 4.77. The lowest BCUT2D eigenvalue weighted by molar-refractivity contribution is -0.660. The van der Waals surface area contributed by atoms with Gasteiger partial charge in [0.05, 0.1) is 11.3 Å². The number of hydrogen-bond donors (Lipinski definition) is 0. The van der Waals surface area contributed by atoms with E-state index in [1.807, 2.05) is 12.3 Å². The van der Waals surface area contributed by atoms with Crippen molar-refractivity contribution in [2.24, 2.45) is 7.05 Å². The number of rotatable bonds is 1. The molecule has 4 rings (SSSR count). The van der Waals surface area contributed by atoms with Crippen LogP contribution in [-0.4, -0.2) is 4.98 Å². The van der Waals surface area contributed by atoms with Crippen molar-refractivity contribution in [3.05, 3.63) is 71.2 Å². The Balaban J connectivity index is 2.01. The predicted octanol–water partition coefficient (Wildman–Crippen LogP) is 3.76. The van der Waals surface area contributed by atoms with E-state index in [2.05, 4.69) is 67.0 Å². The lowest BCUT2D eigenvalue weighted by Crippen LogP contribution is -2.31. The molecule has 0 fully saturated rings. The van der Waals surface area contributed by atoms with Crippen molar-refractivity contribution in [2.75, 3.05) is 0 Å². The van der Waals surface area contributed by atoms with Gasteiger partial charge in [0.25, 0.3) is 0 Å². The van der Waals surface area contributed by atoms with Gasteiger partial charge in [-0.3, -0.25) is 4.98 Å². The Hall–Kier alpha value is -2.48. The molecule has 0 atom stereocenters. The van der Waals surface area contributed by atoms with E-state index in [0.717, 1.165) is 6.42 Å². The third-order valence-corrected chi connectivity index (χ3v) is 4.61. The van der Waals surface area contributed by atoms with E-state index >= 15 is 0 Å². The fraction of sp³-hybridized carbons (Fsp3) is 0.200. The highest BCUT2D eigenvalue weighted by Crippen LogP contribution is 2.41. The average molecular weight is 287 g/mol. The number of aryl methyl sites for hydroxylation is 3. The molecule has 1 aromatic carbocycles. The highest BCUT2D eigenvalue weighted by molar-refractivity contribution is 5.84. The molecular formula is C20H19N2+. The lowest BCUT2D eigenvalue weighted by Gasteiger charge is -2.11. The third-order valence-electron chi connectivity index (χ3n) is 4.61. The largest absolute Gasteiger partial charge is 0.260 e. The first-order chi connectivity index (χ1) is 10.6. The van der Waals surface area contributed by atoms with Gasteiger partial charge in [0.15, 0.2) is 6.20 Å². The van der Waals surface area contributed by atoms with E-state index in [0.29, 0.717) is 0 Å². The van der Waals surface area contributed by atoms with E-state index in [-0.39, 0.29) is 0 Å². The quantitative estimate of drug-likeness (QED) is 0.487. The molecule has 108 valence electrons. The molecule has 2 heterocycles. The van der Waals surface area contributed by atoms with Crippen LogP contribution < -0.4 is 4.57 Å². The summed E-state index contributed by atoms with van der Waals surface area (Å²) in [6.45, 7) is 4.35. The van der Waals surface area contributed by atoms with Crippen LogP contribution in [0.25, 0.3) is 22.4 Å². The molecule has 2 nitrogen and oxygen atoms in total. The normalized spacial score (nSPS) is 12.1. The highest BCUT2D eigenvalue weighted by Gasteiger charge is 2.26. The maximum absolute atomic E-state index is 4.57. The Labute approximate surface area is 131 Å². The molecule has 1 aliphatic rings. The topological polar surface area (TPSA) is 16.8 Å². The van der Waals surface area contributed by atoms with Gasteiger partial charge in [0, 0.05) is 30.3 Å². The summed E-state index contributed by atoms with van der Waals surface area (Å²) in [5.41, 5.74) is 10.5. The molecule has 2 aromatic heterocycles. The summed E-state index contributed by atoms with van der Waals surface area (Å²) in [4.78, 5) is 4.57. The molecule has 0 spiro atoms. The Morgan fingerprint density at radius 1 is 1.05 bits per heavy atom. The molecule has 1 aliphatic carbocycles. The summed E-state index contributed by atoms with van der Waals surface area (Å²) < 4.78 is 2.21. The summed E-state index contributed by atoms with van der Waals surface area (Å²) in [7, 11) is 2.12. The molecule has 0 unspecified atom stereocenters. The van der Waals surface area contributed by atoms with E-state index in [4.69, 9.17) is 0 Å². The van der Waals surface area contributed by atoms with Crippen molar-refractivity contribution < 1.29 is 4.57 Å². The molecule has 0 N–H and O–H groups in total. The summed E-state index contributed by atoms with van der Waals surface area (Å²) in [5.74, 6) is 0. The smallest absolute Gasteiger partial charge is 0.213 e. The summed E-state index contributed by atoms with van der Waals surface area (Å²) >= 11 is 0. The molecule has 2 heteroatoms. The van der Waals surface area contributed by atoms with Crippen LogP contribution in [0, 0.1) is 13.8 Å². The van der Waals surface area contributed by atoms with Gasteiger partial charge in [-0.05, 0) is 42.2 Å². The van der Waals surface area contributed by atoms with Gasteiger partial charge in [-0.25, -0.2) is 4.57 Å². The first kappa shape index (κ1) is 13.2. The van der Waals surface area contributed by atoms with Crippen LogP contribution in [0.2, 0.25) is 0 Å². The zero-order valence-electron chi connectivity index (χ0n) is 13.2. The van der Waals surface area contributed by atoms with Crippen molar-refractivity contribution >= 4 is 0 Å². The number of hydrogen-bond acceptors (Lipinski definition) is 1. The summed E-state index contributed by atoms with van der Waals surface area (Å²) in [5, 5.41) is 0. The number of pyridine rings is 2. The van der Waals surface area contributed by atoms with Crippen molar-refractivity contribution in [2.45, 2.75) is 20.3 Å². The van der Waals surface area contributed by atoms with E-state index in [1.165, 1.54) is 44.8 Å². The minimum atomic E-state index is 0.927. The summed E-state index contributed by atoms with van der Waals surface area (Å²) in [6, 6.07) is 13.1. The van der Waals surface area contributed by atoms with Crippen LogP contribution in [0.5, 0.6) is 0 Å². The molecule has 0 radical (unpaired) electrons. The Kier molecular flexibility index (Phi) is 2.86. The molecule has 3 aromatic rings. The fourth-order valence-electron chi connectivity index (χ4n) is 3.47. The standard InChI is InChI=1S/C20H19N2/c1-13-8-10-22(3)19(11-13)20-14(2)6-7-15-16-5-4-9-21-18(16)12-17(15)20/h4-11H,12H2,1-3H3/q+1. The maximum Gasteiger partial charge on any atom is 0.213 e. The van der Waals surface area contributed by atoms with Crippen molar-refractivity contribution in [1.29, 1.82) is 0 Å². The molecule has 0 saturated carbocycles. The fourth-order valence-corrected chi connectivity index (χ4v) is 3.47. The summed E-state index contributed by atoms with van der Waals surface area (Å²) in [6.07, 6.45) is 4.96. The van der Waals surface area contributed by atoms with Gasteiger partial charge in [0.1, 0.15) is 7.05 Å². The third kappa shape index (κ3) is 1.87. The second-order valence-electron chi connectivity index (χ2n) is 6.16. The van der Waals surface area contributed by atoms with Gasteiger partial charge >= 0.3 is 0 Å². The van der Waals surface area contributed by atoms with Crippen molar-refractivity contribution in [3.63, 3.8) is 0 Å². The monoisotopic (exact) mass is 287 g/mol. The van der Waals surface area contributed by atoms with Crippen molar-refractivity contribution in [1.82, 2.24) is 4.98 Å². The second-order valence-corrected chi connectivity index (χ2v) is 6.16. The van der Waals surface area contributed by atoms with Crippen molar-refractivity contribution in [3.8, 4) is 22.4 Å². The van der Waals surface area contributed by atoms with Gasteiger partial charge in [-0.2, -0.15) is 0 Å². The van der Waals surface area contributed by atoms with Gasteiger partial charge < -0.3 is 0 Å². The molecule has 0 bridgehead atoms. The number of aromatic nitrogens is 2. The molecular weight excluding hydrogens is 268 g/mol.